The Balaban J connectivity index is 3.33. The lowest BCUT2D eigenvalue weighted by Gasteiger charge is -2.41. The lowest BCUT2D eigenvalue weighted by molar-refractivity contribution is -0.310. The third-order valence-corrected chi connectivity index (χ3v) is 5.00. The number of hydrogen-bond acceptors (Lipinski definition) is 1. The van der Waals surface area contributed by atoms with Gasteiger partial charge in [0.2, 0.25) is 0 Å². The maximum Gasteiger partial charge on any atom is 0.395 e. The van der Waals surface area contributed by atoms with Crippen LogP contribution in [-0.4, -0.2) is 24.4 Å². The number of hydrogen-bond donors (Lipinski definition) is 0. The van der Waals surface area contributed by atoms with Crippen molar-refractivity contribution >= 4 is 5.69 Å². The molecule has 0 aromatic heterocycles. The summed E-state index contributed by atoms with van der Waals surface area (Å²) in [5.41, 5.74) is -1.05. The van der Waals surface area contributed by atoms with Crippen molar-refractivity contribution in [3.05, 3.63) is 29.8 Å². The van der Waals surface area contributed by atoms with E-state index in [1.807, 2.05) is 0 Å². The van der Waals surface area contributed by atoms with Crippen molar-refractivity contribution in [1.82, 2.24) is 0 Å². The molecule has 0 amide bonds. The van der Waals surface area contributed by atoms with Gasteiger partial charge >= 0.3 is 17.9 Å². The summed E-state index contributed by atoms with van der Waals surface area (Å²) in [5, 5.41) is 0. The fraction of sp³-hybridized carbons (Fsp3) is 0.714. The molecule has 0 N–H and O–H groups in total. The first-order chi connectivity index (χ1) is 13.8. The first kappa shape index (κ1) is 26.5. The number of benzene rings is 1. The van der Waals surface area contributed by atoms with Crippen LogP contribution in [0.1, 0.15) is 65.7 Å². The van der Waals surface area contributed by atoms with Gasteiger partial charge in [-0.3, -0.25) is 0 Å². The maximum atomic E-state index is 14.9. The zero-order valence-corrected chi connectivity index (χ0v) is 17.4. The van der Waals surface area contributed by atoms with E-state index in [0.29, 0.717) is 37.8 Å². The van der Waals surface area contributed by atoms with Crippen LogP contribution >= 0.6 is 0 Å². The molecule has 0 heterocycles. The normalized spacial score (nSPS) is 14.1. The molecule has 1 nitrogen and oxygen atoms in total. The maximum absolute atomic E-state index is 14.9. The molecule has 0 aliphatic carbocycles. The van der Waals surface area contributed by atoms with Crippen molar-refractivity contribution in [1.29, 1.82) is 0 Å². The number of unbranched alkanes of at least 4 members (excludes halogenated alkanes) is 3. The van der Waals surface area contributed by atoms with E-state index in [1.54, 1.807) is 13.8 Å². The molecule has 0 bridgehead atoms. The van der Waals surface area contributed by atoms with Gasteiger partial charge in [0.1, 0.15) is 11.6 Å². The monoisotopic (exact) mass is 447 g/mol. The first-order valence-electron chi connectivity index (χ1n) is 10.2. The van der Waals surface area contributed by atoms with Crippen LogP contribution in [0.2, 0.25) is 0 Å². The smallest absolute Gasteiger partial charge is 0.305 e. The fourth-order valence-electron chi connectivity index (χ4n) is 3.28. The van der Waals surface area contributed by atoms with E-state index in [0.717, 1.165) is 0 Å². The summed E-state index contributed by atoms with van der Waals surface area (Å²) >= 11 is 0. The summed E-state index contributed by atoms with van der Waals surface area (Å²) in [6.45, 7) is 4.18. The van der Waals surface area contributed by atoms with E-state index in [4.69, 9.17) is 0 Å². The van der Waals surface area contributed by atoms with Gasteiger partial charge in [0.25, 0.3) is 0 Å². The van der Waals surface area contributed by atoms with Crippen LogP contribution in [0.15, 0.2) is 18.2 Å². The number of alkyl halides is 6. The highest BCUT2D eigenvalue weighted by Crippen LogP contribution is 2.51. The minimum Gasteiger partial charge on any atom is -0.305 e. The van der Waals surface area contributed by atoms with Gasteiger partial charge in [-0.1, -0.05) is 46.5 Å². The second kappa shape index (κ2) is 10.7. The molecule has 9 heteroatoms. The lowest BCUT2D eigenvalue weighted by atomic mass is 9.99. The standard InChI is InChI=1S/C21H29F8N/c1-4-6-7-8-12-19(24,25)20(26,27)21(28,29)30(14-15(3)9-5-2)18-11-10-16(22)13-17(18)23/h10-11,13,15H,4-9,12,14H2,1-3H3. The van der Waals surface area contributed by atoms with Crippen molar-refractivity contribution in [2.45, 2.75) is 83.6 Å². The van der Waals surface area contributed by atoms with Crippen LogP contribution in [0.4, 0.5) is 40.8 Å². The summed E-state index contributed by atoms with van der Waals surface area (Å²) in [7, 11) is 0. The molecule has 0 radical (unpaired) electrons. The quantitative estimate of drug-likeness (QED) is 0.168. The van der Waals surface area contributed by atoms with E-state index in [1.165, 1.54) is 6.92 Å². The molecule has 0 spiro atoms. The molecule has 30 heavy (non-hydrogen) atoms. The molecule has 0 aliphatic heterocycles. The van der Waals surface area contributed by atoms with E-state index in [2.05, 4.69) is 0 Å². The molecule has 0 aliphatic rings. The molecule has 0 saturated heterocycles. The van der Waals surface area contributed by atoms with Crippen molar-refractivity contribution in [2.75, 3.05) is 11.4 Å². The summed E-state index contributed by atoms with van der Waals surface area (Å²) in [4.78, 5) is -0.345. The zero-order chi connectivity index (χ0) is 23.2. The Labute approximate surface area is 172 Å². The number of halogens is 8. The Bertz CT molecular complexity index is 662. The second-order valence-corrected chi connectivity index (χ2v) is 7.73. The number of anilines is 1. The summed E-state index contributed by atoms with van der Waals surface area (Å²) in [6.07, 6.45) is 0.469. The minimum absolute atomic E-state index is 0.206. The highest BCUT2D eigenvalue weighted by atomic mass is 19.3. The molecule has 1 aromatic rings. The zero-order valence-electron chi connectivity index (χ0n) is 17.4. The highest BCUT2D eigenvalue weighted by molar-refractivity contribution is 5.50. The van der Waals surface area contributed by atoms with Crippen molar-refractivity contribution in [3.63, 3.8) is 0 Å². The van der Waals surface area contributed by atoms with Crippen LogP contribution in [0.5, 0.6) is 0 Å². The lowest BCUT2D eigenvalue weighted by Crippen LogP contribution is -2.63. The summed E-state index contributed by atoms with van der Waals surface area (Å²) in [5.74, 6) is -14.0. The van der Waals surface area contributed by atoms with Gasteiger partial charge in [0, 0.05) is 19.0 Å². The van der Waals surface area contributed by atoms with Gasteiger partial charge in [0.05, 0.1) is 5.69 Å². The average molecular weight is 447 g/mol. The molecular formula is C21H29F8N. The van der Waals surface area contributed by atoms with Crippen LogP contribution in [0.3, 0.4) is 0 Å². The molecule has 0 saturated carbocycles. The van der Waals surface area contributed by atoms with Gasteiger partial charge in [-0.2, -0.15) is 26.3 Å². The predicted octanol–water partition coefficient (Wildman–Crippen LogP) is 8.04. The minimum atomic E-state index is -5.76. The van der Waals surface area contributed by atoms with Gasteiger partial charge in [-0.15, -0.1) is 0 Å². The summed E-state index contributed by atoms with van der Waals surface area (Å²) in [6, 6.07) is -3.97. The molecular weight excluding hydrogens is 418 g/mol. The van der Waals surface area contributed by atoms with E-state index in [9.17, 15) is 35.1 Å². The Morgan fingerprint density at radius 1 is 0.900 bits per heavy atom. The third-order valence-electron chi connectivity index (χ3n) is 5.00. The SMILES string of the molecule is CCCCCCC(F)(F)C(F)(F)C(F)(F)N(CC(C)CCC)c1ccc(F)cc1F. The van der Waals surface area contributed by atoms with Gasteiger partial charge in [-0.25, -0.2) is 8.78 Å². The van der Waals surface area contributed by atoms with Crippen molar-refractivity contribution in [3.8, 4) is 0 Å². The Kier molecular flexibility index (Phi) is 9.42. The highest BCUT2D eigenvalue weighted by Gasteiger charge is 2.73. The fourth-order valence-corrected chi connectivity index (χ4v) is 3.28. The number of rotatable bonds is 13. The molecule has 1 aromatic carbocycles. The topological polar surface area (TPSA) is 3.24 Å². The molecule has 1 atom stereocenters. The largest absolute Gasteiger partial charge is 0.395 e. The second-order valence-electron chi connectivity index (χ2n) is 7.73. The third kappa shape index (κ3) is 6.00. The molecule has 1 rings (SSSR count). The molecule has 0 fully saturated rings. The Hall–Kier alpha value is -1.54. The van der Waals surface area contributed by atoms with E-state index in [-0.39, 0.29) is 23.8 Å². The van der Waals surface area contributed by atoms with Crippen LogP contribution < -0.4 is 4.90 Å². The van der Waals surface area contributed by atoms with Gasteiger partial charge < -0.3 is 4.90 Å². The van der Waals surface area contributed by atoms with Crippen LogP contribution in [-0.2, 0) is 0 Å². The van der Waals surface area contributed by atoms with Gasteiger partial charge in [0.15, 0.2) is 0 Å². The average Bonchev–Trinajstić information content (AvgIpc) is 2.63. The number of nitrogens with zero attached hydrogens (tertiary/aromatic N) is 1. The van der Waals surface area contributed by atoms with E-state index < -0.39 is 54.1 Å². The first-order valence-corrected chi connectivity index (χ1v) is 10.2. The van der Waals surface area contributed by atoms with E-state index >= 15 is 0 Å². The van der Waals surface area contributed by atoms with Crippen molar-refractivity contribution in [2.24, 2.45) is 5.92 Å². The molecule has 174 valence electrons. The Morgan fingerprint density at radius 2 is 1.53 bits per heavy atom. The Morgan fingerprint density at radius 3 is 2.07 bits per heavy atom. The van der Waals surface area contributed by atoms with Gasteiger partial charge in [-0.05, 0) is 30.9 Å². The molecule has 1 unspecified atom stereocenters. The van der Waals surface area contributed by atoms with Crippen LogP contribution in [0.25, 0.3) is 0 Å². The van der Waals surface area contributed by atoms with Crippen molar-refractivity contribution < 1.29 is 35.1 Å². The summed E-state index contributed by atoms with van der Waals surface area (Å²) < 4.78 is 115. The predicted molar refractivity (Wildman–Crippen MR) is 101 cm³/mol. The van der Waals surface area contributed by atoms with Crippen LogP contribution in [0, 0.1) is 17.6 Å².